The van der Waals surface area contributed by atoms with Gasteiger partial charge in [0.2, 0.25) is 0 Å². The number of hydrogen-bond acceptors (Lipinski definition) is 2. The van der Waals surface area contributed by atoms with E-state index in [0.717, 1.165) is 22.0 Å². The molecule has 2 aliphatic heterocycles. The summed E-state index contributed by atoms with van der Waals surface area (Å²) >= 11 is 7.17. The number of anilines is 2. The van der Waals surface area contributed by atoms with Gasteiger partial charge in [-0.1, -0.05) is 31.9 Å². The van der Waals surface area contributed by atoms with Gasteiger partial charge in [0.1, 0.15) is 0 Å². The van der Waals surface area contributed by atoms with Gasteiger partial charge in [-0.2, -0.15) is 0 Å². The zero-order valence-corrected chi connectivity index (χ0v) is 15.6. The van der Waals surface area contributed by atoms with Crippen molar-refractivity contribution in [2.75, 3.05) is 18.0 Å². The monoisotopic (exact) mass is 420 g/mol. The molecule has 0 bridgehead atoms. The van der Waals surface area contributed by atoms with Crippen LogP contribution >= 0.6 is 31.9 Å². The molecule has 4 rings (SSSR count). The number of nitrogens with zero attached hydrogens (tertiary/aromatic N) is 1. The van der Waals surface area contributed by atoms with Gasteiger partial charge >= 0.3 is 0 Å². The summed E-state index contributed by atoms with van der Waals surface area (Å²) < 4.78 is 2.28. The largest absolute Gasteiger partial charge is 0.339 e. The smallest absolute Gasteiger partial charge is 0.0448 e. The van der Waals surface area contributed by atoms with Crippen molar-refractivity contribution in [1.29, 1.82) is 0 Å². The van der Waals surface area contributed by atoms with Gasteiger partial charge in [0.25, 0.3) is 0 Å². The molecule has 0 radical (unpaired) electrons. The van der Waals surface area contributed by atoms with Crippen molar-refractivity contribution >= 4 is 43.2 Å². The minimum absolute atomic E-state index is 0.140. The molecule has 0 aliphatic carbocycles. The molecule has 2 aromatic rings. The lowest BCUT2D eigenvalue weighted by Crippen LogP contribution is -2.52. The second kappa shape index (κ2) is 5.36. The first-order chi connectivity index (χ1) is 10.6. The van der Waals surface area contributed by atoms with E-state index < -0.39 is 0 Å². The summed E-state index contributed by atoms with van der Waals surface area (Å²) in [6, 6.07) is 15.3. The van der Waals surface area contributed by atoms with Gasteiger partial charge in [0.15, 0.2) is 0 Å². The molecule has 1 N–H and O–H groups in total. The third kappa shape index (κ3) is 2.32. The summed E-state index contributed by atoms with van der Waals surface area (Å²) in [6.07, 6.45) is 1.22. The molecule has 0 amide bonds. The molecular weight excluding hydrogens is 404 g/mol. The van der Waals surface area contributed by atoms with Crippen LogP contribution in [0.1, 0.15) is 24.8 Å². The lowest BCUT2D eigenvalue weighted by atomic mass is 9.77. The first-order valence-electron chi connectivity index (χ1n) is 7.64. The van der Waals surface area contributed by atoms with E-state index in [2.05, 4.69) is 91.5 Å². The van der Waals surface area contributed by atoms with Crippen molar-refractivity contribution in [2.45, 2.75) is 24.8 Å². The van der Waals surface area contributed by atoms with Crippen molar-refractivity contribution in [3.63, 3.8) is 0 Å². The van der Waals surface area contributed by atoms with Gasteiger partial charge in [-0.25, -0.2) is 0 Å². The Morgan fingerprint density at radius 3 is 2.59 bits per heavy atom. The highest BCUT2D eigenvalue weighted by Gasteiger charge is 2.45. The number of fused-ring (bicyclic) bond motifs is 3. The van der Waals surface area contributed by atoms with Crippen LogP contribution in [0, 0.1) is 0 Å². The minimum Gasteiger partial charge on any atom is -0.339 e. The fourth-order valence-corrected chi connectivity index (χ4v) is 4.57. The first kappa shape index (κ1) is 14.7. The molecule has 22 heavy (non-hydrogen) atoms. The van der Waals surface area contributed by atoms with Gasteiger partial charge in [-0.3, -0.25) is 0 Å². The number of halogens is 2. The van der Waals surface area contributed by atoms with Crippen molar-refractivity contribution in [3.8, 4) is 0 Å². The highest BCUT2D eigenvalue weighted by atomic mass is 79.9. The van der Waals surface area contributed by atoms with Crippen LogP contribution in [0.25, 0.3) is 0 Å². The Morgan fingerprint density at radius 2 is 1.82 bits per heavy atom. The Labute approximate surface area is 148 Å². The van der Waals surface area contributed by atoms with Crippen LogP contribution in [0.2, 0.25) is 0 Å². The van der Waals surface area contributed by atoms with Crippen molar-refractivity contribution in [1.82, 2.24) is 5.32 Å². The normalized spacial score (nSPS) is 26.7. The molecular formula is C18H18Br2N2. The lowest BCUT2D eigenvalue weighted by molar-refractivity contribution is 0.367. The molecule has 2 nitrogen and oxygen atoms in total. The van der Waals surface area contributed by atoms with E-state index in [1.807, 2.05) is 0 Å². The zero-order valence-electron chi connectivity index (χ0n) is 12.4. The van der Waals surface area contributed by atoms with Gasteiger partial charge < -0.3 is 10.2 Å². The van der Waals surface area contributed by atoms with E-state index in [4.69, 9.17) is 0 Å². The van der Waals surface area contributed by atoms with Gasteiger partial charge in [0.05, 0.1) is 0 Å². The van der Waals surface area contributed by atoms with Crippen LogP contribution in [0.4, 0.5) is 11.4 Å². The number of hydrogen-bond donors (Lipinski definition) is 1. The molecule has 2 atom stereocenters. The fourth-order valence-electron chi connectivity index (χ4n) is 3.92. The molecule has 4 heteroatoms. The molecule has 1 fully saturated rings. The number of rotatable bonds is 1. The summed E-state index contributed by atoms with van der Waals surface area (Å²) in [5.74, 6) is 0.590. The van der Waals surface area contributed by atoms with Crippen LogP contribution in [-0.2, 0) is 0 Å². The molecule has 114 valence electrons. The zero-order chi connectivity index (χ0) is 15.3. The molecule has 0 spiro atoms. The van der Waals surface area contributed by atoms with E-state index in [1.165, 1.54) is 23.4 Å². The van der Waals surface area contributed by atoms with Gasteiger partial charge in [-0.05, 0) is 67.9 Å². The molecule has 2 aliphatic rings. The Hall–Kier alpha value is -0.840. The van der Waals surface area contributed by atoms with Crippen LogP contribution in [-0.4, -0.2) is 18.6 Å². The summed E-state index contributed by atoms with van der Waals surface area (Å²) in [6.45, 7) is 4.47. The SMILES string of the molecule is C[C@@]12CN(c3ccc(Br)cc3)c3ccc(Br)cc3[C@@H]1CCN2. The van der Waals surface area contributed by atoms with E-state index >= 15 is 0 Å². The third-order valence-electron chi connectivity index (χ3n) is 5.01. The van der Waals surface area contributed by atoms with Crippen molar-refractivity contribution in [3.05, 3.63) is 57.0 Å². The molecule has 2 aromatic carbocycles. The second-order valence-corrected chi connectivity index (χ2v) is 8.28. The summed E-state index contributed by atoms with van der Waals surface area (Å²) in [7, 11) is 0. The number of nitrogens with one attached hydrogen (secondary N) is 1. The Kier molecular flexibility index (Phi) is 3.59. The molecule has 0 aromatic heterocycles. The van der Waals surface area contributed by atoms with Crippen LogP contribution in [0.15, 0.2) is 51.4 Å². The summed E-state index contributed by atoms with van der Waals surface area (Å²) in [5.41, 5.74) is 4.19. The van der Waals surface area contributed by atoms with Crippen LogP contribution in [0.5, 0.6) is 0 Å². The Morgan fingerprint density at radius 1 is 1.09 bits per heavy atom. The van der Waals surface area contributed by atoms with Gasteiger partial charge in [0, 0.05) is 38.3 Å². The van der Waals surface area contributed by atoms with Crippen molar-refractivity contribution < 1.29 is 0 Å². The maximum Gasteiger partial charge on any atom is 0.0448 e. The average molecular weight is 422 g/mol. The van der Waals surface area contributed by atoms with E-state index in [-0.39, 0.29) is 5.54 Å². The highest BCUT2D eigenvalue weighted by Crippen LogP contribution is 2.48. The van der Waals surface area contributed by atoms with Crippen LogP contribution < -0.4 is 10.2 Å². The highest BCUT2D eigenvalue weighted by molar-refractivity contribution is 9.10. The molecule has 1 saturated heterocycles. The maximum absolute atomic E-state index is 3.74. The van der Waals surface area contributed by atoms with Gasteiger partial charge in [-0.15, -0.1) is 0 Å². The topological polar surface area (TPSA) is 15.3 Å². The Bertz CT molecular complexity index is 714. The lowest BCUT2D eigenvalue weighted by Gasteiger charge is -2.45. The predicted octanol–water partition coefficient (Wildman–Crippen LogP) is 5.20. The molecule has 0 unspecified atom stereocenters. The van der Waals surface area contributed by atoms with E-state index in [9.17, 15) is 0 Å². The van der Waals surface area contributed by atoms with Crippen molar-refractivity contribution in [2.24, 2.45) is 0 Å². The fraction of sp³-hybridized carbons (Fsp3) is 0.333. The van der Waals surface area contributed by atoms with Crippen LogP contribution in [0.3, 0.4) is 0 Å². The first-order valence-corrected chi connectivity index (χ1v) is 9.23. The predicted molar refractivity (Wildman–Crippen MR) is 99.1 cm³/mol. The standard InChI is InChI=1S/C18H18Br2N2/c1-18-11-22(14-5-2-12(19)3-6-14)17-7-4-13(20)10-15(17)16(18)8-9-21-18/h2-7,10,16,21H,8-9,11H2,1H3/t16-,18+/m0/s1. The summed E-state index contributed by atoms with van der Waals surface area (Å²) in [5, 5.41) is 3.74. The average Bonchev–Trinajstić information content (AvgIpc) is 2.89. The maximum atomic E-state index is 3.74. The van der Waals surface area contributed by atoms with E-state index in [0.29, 0.717) is 5.92 Å². The molecule has 0 saturated carbocycles. The Balaban J connectivity index is 1.86. The quantitative estimate of drug-likeness (QED) is 0.680. The minimum atomic E-state index is 0.140. The second-order valence-electron chi connectivity index (χ2n) is 6.45. The van der Waals surface area contributed by atoms with E-state index in [1.54, 1.807) is 0 Å². The number of benzene rings is 2. The summed E-state index contributed by atoms with van der Waals surface area (Å²) in [4.78, 5) is 2.45. The molecule has 2 heterocycles. The third-order valence-corrected chi connectivity index (χ3v) is 6.03.